The second-order valence-electron chi connectivity index (χ2n) is 7.54. The van der Waals surface area contributed by atoms with Gasteiger partial charge in [0.05, 0.1) is 6.07 Å². The number of nitrogens with zero attached hydrogens (tertiary/aromatic N) is 2. The van der Waals surface area contributed by atoms with Crippen LogP contribution in [0.3, 0.4) is 0 Å². The summed E-state index contributed by atoms with van der Waals surface area (Å²) in [4.78, 5) is 14.2. The molecule has 5 nitrogen and oxygen atoms in total. The van der Waals surface area contributed by atoms with E-state index in [-0.39, 0.29) is 0 Å². The fourth-order valence-corrected chi connectivity index (χ4v) is 3.63. The maximum Gasteiger partial charge on any atom is 0.249 e. The lowest BCUT2D eigenvalue weighted by atomic mass is 9.90. The lowest BCUT2D eigenvalue weighted by Gasteiger charge is -2.18. The van der Waals surface area contributed by atoms with E-state index in [4.69, 9.17) is 10.2 Å². The van der Waals surface area contributed by atoms with Gasteiger partial charge in [-0.15, -0.1) is 0 Å². The molecule has 146 valence electrons. The van der Waals surface area contributed by atoms with Gasteiger partial charge in [0.25, 0.3) is 0 Å². The Morgan fingerprint density at radius 3 is 2.41 bits per heavy atom. The average Bonchev–Trinajstić information content (AvgIpc) is 2.70. The molecule has 0 fully saturated rings. The van der Waals surface area contributed by atoms with Gasteiger partial charge in [-0.25, -0.2) is 4.58 Å². The largest absolute Gasteiger partial charge is 0.456 e. The molecule has 2 aromatic carbocycles. The highest BCUT2D eigenvalue weighted by atomic mass is 16.3. The Morgan fingerprint density at radius 2 is 1.72 bits per heavy atom. The Bertz CT molecular complexity index is 1280. The average molecular weight is 386 g/mol. The van der Waals surface area contributed by atoms with E-state index in [1.165, 1.54) is 0 Å². The predicted molar refractivity (Wildman–Crippen MR) is 118 cm³/mol. The molecule has 0 atom stereocenters. The number of carbonyl (C=O) groups excluding carboxylic acids is 1. The van der Waals surface area contributed by atoms with E-state index < -0.39 is 5.91 Å². The van der Waals surface area contributed by atoms with Crippen LogP contribution in [0.4, 0.5) is 5.69 Å². The molecule has 1 amide bonds. The molecule has 29 heavy (non-hydrogen) atoms. The number of hydrogen-bond acceptors (Lipinski definition) is 3. The van der Waals surface area contributed by atoms with E-state index in [0.717, 1.165) is 44.5 Å². The third kappa shape index (κ3) is 3.25. The van der Waals surface area contributed by atoms with Gasteiger partial charge >= 0.3 is 0 Å². The molecule has 5 heteroatoms. The quantitative estimate of drug-likeness (QED) is 0.434. The summed E-state index contributed by atoms with van der Waals surface area (Å²) in [6, 6.07) is 19.7. The molecule has 1 aliphatic heterocycles. The molecule has 0 aromatic heterocycles. The highest BCUT2D eigenvalue weighted by Crippen LogP contribution is 2.41. The number of hydrogen-bond donors (Lipinski definition) is 1. The van der Waals surface area contributed by atoms with Gasteiger partial charge in [-0.3, -0.25) is 4.79 Å². The SMILES string of the molecule is CN(C)c1ccc2c(-c3ccccc3C(N)=O)c3ccc(=[N+](C)C)cc-3oc2c1. The minimum absolute atomic E-state index is 0.447. The molecule has 4 rings (SSSR count). The van der Waals surface area contributed by atoms with Gasteiger partial charge < -0.3 is 15.1 Å². The number of carbonyl (C=O) groups is 1. The van der Waals surface area contributed by atoms with Crippen molar-refractivity contribution >= 4 is 22.6 Å². The molecule has 2 N–H and O–H groups in total. The zero-order chi connectivity index (χ0) is 20.7. The summed E-state index contributed by atoms with van der Waals surface area (Å²) in [5.74, 6) is 0.311. The van der Waals surface area contributed by atoms with E-state index in [9.17, 15) is 4.79 Å². The van der Waals surface area contributed by atoms with Crippen LogP contribution in [0.15, 0.2) is 65.1 Å². The maximum absolute atomic E-state index is 12.1. The van der Waals surface area contributed by atoms with Crippen LogP contribution in [0.5, 0.6) is 0 Å². The lowest BCUT2D eigenvalue weighted by molar-refractivity contribution is 0.100. The second-order valence-corrected chi connectivity index (χ2v) is 7.54. The first kappa shape index (κ1) is 18.7. The van der Waals surface area contributed by atoms with E-state index in [1.54, 1.807) is 6.07 Å². The number of primary amides is 1. The van der Waals surface area contributed by atoms with Crippen LogP contribution >= 0.6 is 0 Å². The molecule has 0 saturated heterocycles. The normalized spacial score (nSPS) is 11.0. The van der Waals surface area contributed by atoms with Crippen molar-refractivity contribution in [2.75, 3.05) is 33.1 Å². The summed E-state index contributed by atoms with van der Waals surface area (Å²) in [5, 5.41) is 1.98. The second kappa shape index (κ2) is 7.09. The fourth-order valence-electron chi connectivity index (χ4n) is 3.63. The van der Waals surface area contributed by atoms with Gasteiger partial charge in [-0.1, -0.05) is 18.2 Å². The summed E-state index contributed by atoms with van der Waals surface area (Å²) >= 11 is 0. The van der Waals surface area contributed by atoms with Crippen LogP contribution in [0.1, 0.15) is 10.4 Å². The molecule has 2 aromatic rings. The fraction of sp³-hybridized carbons (Fsp3) is 0.167. The molecule has 1 aliphatic carbocycles. The predicted octanol–water partition coefficient (Wildman–Crippen LogP) is 3.40. The van der Waals surface area contributed by atoms with Crippen molar-refractivity contribution in [1.82, 2.24) is 4.58 Å². The third-order valence-corrected chi connectivity index (χ3v) is 5.18. The van der Waals surface area contributed by atoms with Crippen LogP contribution in [-0.4, -0.2) is 34.1 Å². The summed E-state index contributed by atoms with van der Waals surface area (Å²) in [7, 11) is 7.98. The molecule has 0 spiro atoms. The topological polar surface area (TPSA) is 62.5 Å². The Kier molecular flexibility index (Phi) is 4.59. The van der Waals surface area contributed by atoms with Crippen molar-refractivity contribution in [1.29, 1.82) is 0 Å². The van der Waals surface area contributed by atoms with E-state index in [0.29, 0.717) is 5.56 Å². The van der Waals surface area contributed by atoms with Crippen LogP contribution < -0.4 is 20.6 Å². The molecule has 1 heterocycles. The van der Waals surface area contributed by atoms with Gasteiger partial charge in [-0.05, 0) is 29.8 Å². The van der Waals surface area contributed by atoms with Crippen molar-refractivity contribution in [3.63, 3.8) is 0 Å². The standard InChI is InChI=1S/C24H23N3O2/c1-26(2)15-9-11-19-21(13-15)29-22-14-16(27(3)4)10-12-20(22)23(19)17-7-5-6-8-18(17)24(25)28/h5-14H,1-4H3,(H-,25,28)/p+1. The molecule has 0 saturated carbocycles. The molecule has 0 bridgehead atoms. The third-order valence-electron chi connectivity index (χ3n) is 5.18. The Hall–Kier alpha value is -3.60. The summed E-state index contributed by atoms with van der Waals surface area (Å²) in [6.45, 7) is 0. The first-order valence-electron chi connectivity index (χ1n) is 9.44. The molecule has 0 radical (unpaired) electrons. The van der Waals surface area contributed by atoms with Crippen LogP contribution in [0.25, 0.3) is 33.4 Å². The number of benzene rings is 3. The molecular formula is C24H24N3O2+. The van der Waals surface area contributed by atoms with Gasteiger partial charge in [0, 0.05) is 54.0 Å². The summed E-state index contributed by atoms with van der Waals surface area (Å²) in [6.07, 6.45) is 0. The van der Waals surface area contributed by atoms with Crippen molar-refractivity contribution in [3.05, 3.63) is 71.6 Å². The number of amides is 1. The number of fused-ring (bicyclic) bond motifs is 2. The summed E-state index contributed by atoms with van der Waals surface area (Å²) in [5.41, 5.74) is 10.7. The van der Waals surface area contributed by atoms with E-state index in [1.807, 2.05) is 92.3 Å². The first-order valence-corrected chi connectivity index (χ1v) is 9.44. The minimum atomic E-state index is -0.447. The maximum atomic E-state index is 12.1. The number of rotatable bonds is 3. The number of anilines is 1. The Morgan fingerprint density at radius 1 is 0.966 bits per heavy atom. The minimum Gasteiger partial charge on any atom is -0.456 e. The summed E-state index contributed by atoms with van der Waals surface area (Å²) < 4.78 is 8.35. The van der Waals surface area contributed by atoms with E-state index in [2.05, 4.69) is 0 Å². The zero-order valence-electron chi connectivity index (χ0n) is 17.1. The monoisotopic (exact) mass is 386 g/mol. The molecule has 0 unspecified atom stereocenters. The first-order chi connectivity index (χ1) is 13.9. The van der Waals surface area contributed by atoms with Crippen molar-refractivity contribution in [2.24, 2.45) is 5.73 Å². The zero-order valence-corrected chi connectivity index (χ0v) is 17.1. The van der Waals surface area contributed by atoms with Crippen molar-refractivity contribution in [2.45, 2.75) is 0 Å². The van der Waals surface area contributed by atoms with E-state index >= 15 is 0 Å². The lowest BCUT2D eigenvalue weighted by Crippen LogP contribution is -2.21. The smallest absolute Gasteiger partial charge is 0.249 e. The van der Waals surface area contributed by atoms with Crippen LogP contribution in [0.2, 0.25) is 0 Å². The molecular weight excluding hydrogens is 362 g/mol. The van der Waals surface area contributed by atoms with Gasteiger partial charge in [0.15, 0.2) is 0 Å². The van der Waals surface area contributed by atoms with Crippen LogP contribution in [-0.2, 0) is 0 Å². The molecule has 2 aliphatic rings. The van der Waals surface area contributed by atoms with Crippen molar-refractivity contribution in [3.8, 4) is 22.5 Å². The van der Waals surface area contributed by atoms with Gasteiger partial charge in [0.1, 0.15) is 25.4 Å². The van der Waals surface area contributed by atoms with Gasteiger partial charge in [-0.2, -0.15) is 0 Å². The van der Waals surface area contributed by atoms with Crippen LogP contribution in [0, 0.1) is 0 Å². The van der Waals surface area contributed by atoms with Crippen molar-refractivity contribution < 1.29 is 9.21 Å². The van der Waals surface area contributed by atoms with Gasteiger partial charge in [0.2, 0.25) is 11.3 Å². The Labute approximate surface area is 169 Å². The Balaban J connectivity index is 2.19. The highest BCUT2D eigenvalue weighted by Gasteiger charge is 2.21. The number of nitrogens with two attached hydrogens (primary N) is 1. The highest BCUT2D eigenvalue weighted by molar-refractivity contribution is 6.09.